The van der Waals surface area contributed by atoms with Gasteiger partial charge in [-0.05, 0) is 81.3 Å². The van der Waals surface area contributed by atoms with Gasteiger partial charge in [0.15, 0.2) is 5.82 Å². The Bertz CT molecular complexity index is 1280. The van der Waals surface area contributed by atoms with Gasteiger partial charge in [-0.25, -0.2) is 9.07 Å². The third-order valence-corrected chi connectivity index (χ3v) is 5.26. The van der Waals surface area contributed by atoms with Gasteiger partial charge < -0.3 is 10.1 Å². The van der Waals surface area contributed by atoms with Crippen molar-refractivity contribution in [2.24, 2.45) is 0 Å². The molecule has 0 saturated heterocycles. The second kappa shape index (κ2) is 8.58. The number of ether oxygens (including phenoxy) is 1. The van der Waals surface area contributed by atoms with Gasteiger partial charge in [0, 0.05) is 23.0 Å². The van der Waals surface area contributed by atoms with E-state index in [1.165, 1.54) is 6.07 Å². The molecule has 4 rings (SSSR count). The number of halogens is 1. The summed E-state index contributed by atoms with van der Waals surface area (Å²) in [5.74, 6) is 0.670. The number of rotatable bonds is 5. The van der Waals surface area contributed by atoms with Crippen LogP contribution in [0.2, 0.25) is 0 Å². The van der Waals surface area contributed by atoms with Crippen molar-refractivity contribution < 1.29 is 13.9 Å². The van der Waals surface area contributed by atoms with Crippen LogP contribution in [0, 0.1) is 33.5 Å². The van der Waals surface area contributed by atoms with Gasteiger partial charge in [-0.1, -0.05) is 6.07 Å². The summed E-state index contributed by atoms with van der Waals surface area (Å²) in [5, 5.41) is 15.5. The summed E-state index contributed by atoms with van der Waals surface area (Å²) in [6.07, 6.45) is 0. The predicted molar refractivity (Wildman–Crippen MR) is 119 cm³/mol. The minimum absolute atomic E-state index is 0.251. The smallest absolute Gasteiger partial charge is 0.255 e. The normalized spacial score (nSPS) is 10.8. The van der Waals surface area contributed by atoms with E-state index in [0.717, 1.165) is 17.0 Å². The number of amides is 1. The van der Waals surface area contributed by atoms with E-state index in [0.29, 0.717) is 28.7 Å². The highest BCUT2D eigenvalue weighted by atomic mass is 19.1. The standard InChI is InChI=1S/C24H22FN5O2/c1-14-5-6-18(13-21(14)25)24(31)26-19-7-9-20(10-8-19)32-23-12-11-22(27-28-23)30-17(4)15(2)16(3)29-30/h5-13H,1-4H3,(H,26,31). The van der Waals surface area contributed by atoms with Crippen molar-refractivity contribution in [2.45, 2.75) is 27.7 Å². The number of benzene rings is 2. The Morgan fingerprint density at radius 3 is 2.31 bits per heavy atom. The van der Waals surface area contributed by atoms with Gasteiger partial charge in [0.05, 0.1) is 5.69 Å². The van der Waals surface area contributed by atoms with Crippen molar-refractivity contribution in [2.75, 3.05) is 5.32 Å². The molecule has 0 fully saturated rings. The summed E-state index contributed by atoms with van der Waals surface area (Å²) in [5.41, 5.74) is 4.38. The number of anilines is 1. The zero-order valence-corrected chi connectivity index (χ0v) is 18.2. The van der Waals surface area contributed by atoms with E-state index in [-0.39, 0.29) is 5.56 Å². The molecular formula is C24H22FN5O2. The van der Waals surface area contributed by atoms with Crippen LogP contribution in [0.5, 0.6) is 11.6 Å². The fourth-order valence-corrected chi connectivity index (χ4v) is 3.09. The van der Waals surface area contributed by atoms with E-state index >= 15 is 0 Å². The maximum atomic E-state index is 13.7. The zero-order valence-electron chi connectivity index (χ0n) is 18.2. The molecule has 32 heavy (non-hydrogen) atoms. The number of carbonyl (C=O) groups is 1. The molecule has 0 atom stereocenters. The molecule has 8 heteroatoms. The predicted octanol–water partition coefficient (Wildman–Crippen LogP) is 5.08. The molecular weight excluding hydrogens is 409 g/mol. The van der Waals surface area contributed by atoms with Gasteiger partial charge in [-0.3, -0.25) is 4.79 Å². The quantitative estimate of drug-likeness (QED) is 0.477. The molecule has 0 unspecified atom stereocenters. The SMILES string of the molecule is Cc1ccc(C(=O)Nc2ccc(Oc3ccc(-n4nc(C)c(C)c4C)nn3)cc2)cc1F. The average Bonchev–Trinajstić information content (AvgIpc) is 3.05. The van der Waals surface area contributed by atoms with Crippen LogP contribution in [0.25, 0.3) is 5.82 Å². The summed E-state index contributed by atoms with van der Waals surface area (Å²) < 4.78 is 21.2. The Morgan fingerprint density at radius 2 is 1.72 bits per heavy atom. The summed E-state index contributed by atoms with van der Waals surface area (Å²) in [4.78, 5) is 12.3. The van der Waals surface area contributed by atoms with E-state index in [2.05, 4.69) is 20.6 Å². The van der Waals surface area contributed by atoms with E-state index in [1.807, 2.05) is 20.8 Å². The minimum atomic E-state index is -0.415. The van der Waals surface area contributed by atoms with E-state index < -0.39 is 11.7 Å². The van der Waals surface area contributed by atoms with Crippen molar-refractivity contribution in [3.8, 4) is 17.4 Å². The highest BCUT2D eigenvalue weighted by Gasteiger charge is 2.11. The maximum Gasteiger partial charge on any atom is 0.255 e. The minimum Gasteiger partial charge on any atom is -0.438 e. The summed E-state index contributed by atoms with van der Waals surface area (Å²) in [6, 6.07) is 14.7. The summed E-state index contributed by atoms with van der Waals surface area (Å²) in [7, 11) is 0. The summed E-state index contributed by atoms with van der Waals surface area (Å²) >= 11 is 0. The first-order valence-electron chi connectivity index (χ1n) is 10.0. The second-order valence-electron chi connectivity index (χ2n) is 7.48. The molecule has 4 aromatic rings. The van der Waals surface area contributed by atoms with Crippen LogP contribution in [0.3, 0.4) is 0 Å². The van der Waals surface area contributed by atoms with Crippen LogP contribution >= 0.6 is 0 Å². The van der Waals surface area contributed by atoms with Crippen LogP contribution in [0.4, 0.5) is 10.1 Å². The Hall–Kier alpha value is -4.07. The molecule has 162 valence electrons. The second-order valence-corrected chi connectivity index (χ2v) is 7.48. The van der Waals surface area contributed by atoms with Crippen LogP contribution in [0.1, 0.15) is 32.9 Å². The average molecular weight is 431 g/mol. The lowest BCUT2D eigenvalue weighted by Gasteiger charge is -2.08. The Morgan fingerprint density at radius 1 is 0.969 bits per heavy atom. The fourth-order valence-electron chi connectivity index (χ4n) is 3.09. The van der Waals surface area contributed by atoms with Gasteiger partial charge >= 0.3 is 0 Å². The van der Waals surface area contributed by atoms with Crippen LogP contribution < -0.4 is 10.1 Å². The third kappa shape index (κ3) is 4.34. The van der Waals surface area contributed by atoms with Crippen LogP contribution in [-0.4, -0.2) is 25.9 Å². The number of nitrogens with one attached hydrogen (secondary N) is 1. The molecule has 0 spiro atoms. The van der Waals surface area contributed by atoms with Crippen molar-refractivity contribution in [1.82, 2.24) is 20.0 Å². The van der Waals surface area contributed by atoms with Crippen LogP contribution in [-0.2, 0) is 0 Å². The monoisotopic (exact) mass is 431 g/mol. The molecule has 0 bridgehead atoms. The van der Waals surface area contributed by atoms with Crippen molar-refractivity contribution in [3.63, 3.8) is 0 Å². The molecule has 1 N–H and O–H groups in total. The molecule has 0 aliphatic rings. The number of aryl methyl sites for hydroxylation is 2. The highest BCUT2D eigenvalue weighted by molar-refractivity contribution is 6.04. The van der Waals surface area contributed by atoms with Crippen molar-refractivity contribution in [1.29, 1.82) is 0 Å². The lowest BCUT2D eigenvalue weighted by atomic mass is 10.1. The molecule has 0 aliphatic heterocycles. The van der Waals surface area contributed by atoms with Crippen LogP contribution in [0.15, 0.2) is 54.6 Å². The molecule has 2 heterocycles. The first kappa shape index (κ1) is 21.2. The van der Waals surface area contributed by atoms with E-state index in [4.69, 9.17) is 4.74 Å². The van der Waals surface area contributed by atoms with Gasteiger partial charge in [0.1, 0.15) is 11.6 Å². The molecule has 0 radical (unpaired) electrons. The Balaban J connectivity index is 1.41. The molecule has 0 saturated carbocycles. The Kier molecular flexibility index (Phi) is 5.68. The zero-order chi connectivity index (χ0) is 22.8. The van der Waals surface area contributed by atoms with E-state index in [1.54, 1.807) is 60.1 Å². The molecule has 1 amide bonds. The first-order chi connectivity index (χ1) is 15.3. The van der Waals surface area contributed by atoms with Crippen molar-refractivity contribution in [3.05, 3.63) is 88.5 Å². The third-order valence-electron chi connectivity index (χ3n) is 5.26. The highest BCUT2D eigenvalue weighted by Crippen LogP contribution is 2.23. The number of hydrogen-bond acceptors (Lipinski definition) is 5. The van der Waals surface area contributed by atoms with Gasteiger partial charge in [0.25, 0.3) is 5.91 Å². The summed E-state index contributed by atoms with van der Waals surface area (Å²) in [6.45, 7) is 7.60. The lowest BCUT2D eigenvalue weighted by Crippen LogP contribution is -2.12. The number of hydrogen-bond donors (Lipinski definition) is 1. The Labute approximate surface area is 184 Å². The van der Waals surface area contributed by atoms with Crippen molar-refractivity contribution >= 4 is 11.6 Å². The molecule has 2 aromatic heterocycles. The fraction of sp³-hybridized carbons (Fsp3) is 0.167. The molecule has 2 aromatic carbocycles. The number of aromatic nitrogens is 4. The topological polar surface area (TPSA) is 81.9 Å². The lowest BCUT2D eigenvalue weighted by molar-refractivity contribution is 0.102. The number of carbonyl (C=O) groups excluding carboxylic acids is 1. The molecule has 7 nitrogen and oxygen atoms in total. The van der Waals surface area contributed by atoms with Gasteiger partial charge in [-0.15, -0.1) is 10.2 Å². The maximum absolute atomic E-state index is 13.7. The number of nitrogens with zero attached hydrogens (tertiary/aromatic N) is 4. The largest absolute Gasteiger partial charge is 0.438 e. The van der Waals surface area contributed by atoms with Gasteiger partial charge in [-0.2, -0.15) is 5.10 Å². The first-order valence-corrected chi connectivity index (χ1v) is 10.0. The molecule has 0 aliphatic carbocycles. The van der Waals surface area contributed by atoms with E-state index in [9.17, 15) is 9.18 Å². The van der Waals surface area contributed by atoms with Gasteiger partial charge in [0.2, 0.25) is 5.88 Å².